The molecule has 13 heavy (non-hydrogen) atoms. The number of hydrogen-bond donors (Lipinski definition) is 1. The summed E-state index contributed by atoms with van der Waals surface area (Å²) in [5, 5.41) is 3.22. The minimum absolute atomic E-state index is 0.0885. The van der Waals surface area contributed by atoms with Gasteiger partial charge in [0.25, 0.3) is 0 Å². The Bertz CT molecular complexity index is 170. The van der Waals surface area contributed by atoms with Crippen LogP contribution in [-0.2, 0) is 0 Å². The van der Waals surface area contributed by atoms with E-state index < -0.39 is 6.17 Å². The number of halogens is 1. The molecule has 2 nitrogen and oxygen atoms in total. The number of likely N-dealkylation sites (N-methyl/N-ethyl adjacent to an activating group) is 1. The highest BCUT2D eigenvalue weighted by molar-refractivity contribution is 4.88. The van der Waals surface area contributed by atoms with Crippen LogP contribution >= 0.6 is 0 Å². The largest absolute Gasteiger partial charge is 0.310 e. The van der Waals surface area contributed by atoms with Crippen molar-refractivity contribution in [3.63, 3.8) is 0 Å². The van der Waals surface area contributed by atoms with Gasteiger partial charge in [-0.1, -0.05) is 6.42 Å². The lowest BCUT2D eigenvalue weighted by molar-refractivity contribution is 0.132. The third kappa shape index (κ3) is 2.02. The predicted molar refractivity (Wildman–Crippen MR) is 51.6 cm³/mol. The molecular weight excluding hydrogens is 167 g/mol. The summed E-state index contributed by atoms with van der Waals surface area (Å²) in [6, 6.07) is 0.820. The van der Waals surface area contributed by atoms with Gasteiger partial charge in [0, 0.05) is 12.6 Å². The minimum Gasteiger partial charge on any atom is -0.310 e. The van der Waals surface area contributed by atoms with Crippen molar-refractivity contribution >= 4 is 0 Å². The molecule has 0 aromatic carbocycles. The Hall–Kier alpha value is -0.150. The Kier molecular flexibility index (Phi) is 2.84. The Balaban J connectivity index is 1.75. The van der Waals surface area contributed by atoms with Gasteiger partial charge >= 0.3 is 0 Å². The van der Waals surface area contributed by atoms with Crippen LogP contribution in [0.4, 0.5) is 4.39 Å². The molecule has 1 aliphatic heterocycles. The Morgan fingerprint density at radius 3 is 2.62 bits per heavy atom. The van der Waals surface area contributed by atoms with Gasteiger partial charge in [-0.05, 0) is 32.9 Å². The highest BCUT2D eigenvalue weighted by Gasteiger charge is 2.30. The molecule has 0 amide bonds. The summed E-state index contributed by atoms with van der Waals surface area (Å²) < 4.78 is 13.2. The maximum Gasteiger partial charge on any atom is 0.118 e. The molecule has 1 saturated heterocycles. The van der Waals surface area contributed by atoms with Crippen LogP contribution < -0.4 is 5.32 Å². The van der Waals surface area contributed by atoms with E-state index in [1.807, 2.05) is 0 Å². The molecule has 0 spiro atoms. The van der Waals surface area contributed by atoms with Crippen LogP contribution in [0.3, 0.4) is 0 Å². The van der Waals surface area contributed by atoms with Crippen LogP contribution in [0.1, 0.15) is 25.7 Å². The van der Waals surface area contributed by atoms with Crippen molar-refractivity contribution in [1.29, 1.82) is 0 Å². The topological polar surface area (TPSA) is 15.3 Å². The van der Waals surface area contributed by atoms with E-state index >= 15 is 0 Å². The molecular formula is C10H19FN2. The average molecular weight is 186 g/mol. The second-order valence-corrected chi connectivity index (χ2v) is 4.39. The van der Waals surface area contributed by atoms with Gasteiger partial charge in [-0.2, -0.15) is 0 Å². The van der Waals surface area contributed by atoms with E-state index in [9.17, 15) is 4.39 Å². The number of alkyl halides is 1. The molecule has 2 unspecified atom stereocenters. The fourth-order valence-corrected chi connectivity index (χ4v) is 2.20. The van der Waals surface area contributed by atoms with E-state index in [4.69, 9.17) is 0 Å². The van der Waals surface area contributed by atoms with Crippen LogP contribution in [0.2, 0.25) is 0 Å². The molecule has 3 heteroatoms. The van der Waals surface area contributed by atoms with E-state index in [2.05, 4.69) is 17.3 Å². The number of hydrogen-bond acceptors (Lipinski definition) is 2. The van der Waals surface area contributed by atoms with Gasteiger partial charge < -0.3 is 10.2 Å². The Labute approximate surface area is 79.5 Å². The summed E-state index contributed by atoms with van der Waals surface area (Å²) in [4.78, 5) is 2.32. The maximum absolute atomic E-state index is 13.2. The maximum atomic E-state index is 13.2. The fraction of sp³-hybridized carbons (Fsp3) is 1.00. The zero-order valence-corrected chi connectivity index (χ0v) is 8.30. The molecule has 0 aromatic rings. The number of nitrogens with zero attached hydrogens (tertiary/aromatic N) is 1. The van der Waals surface area contributed by atoms with Crippen molar-refractivity contribution < 1.29 is 4.39 Å². The van der Waals surface area contributed by atoms with Crippen LogP contribution in [-0.4, -0.2) is 43.3 Å². The molecule has 1 heterocycles. The third-order valence-corrected chi connectivity index (χ3v) is 3.45. The van der Waals surface area contributed by atoms with E-state index in [0.29, 0.717) is 6.42 Å². The summed E-state index contributed by atoms with van der Waals surface area (Å²) in [5.74, 6) is 0. The summed E-state index contributed by atoms with van der Waals surface area (Å²) >= 11 is 0. The van der Waals surface area contributed by atoms with Crippen LogP contribution in [0.15, 0.2) is 0 Å². The quantitative estimate of drug-likeness (QED) is 0.712. The minimum atomic E-state index is -0.623. The lowest BCUT2D eigenvalue weighted by Gasteiger charge is -2.36. The van der Waals surface area contributed by atoms with E-state index in [1.54, 1.807) is 0 Å². The van der Waals surface area contributed by atoms with Crippen LogP contribution in [0.25, 0.3) is 0 Å². The normalized spacial score (nSPS) is 35.3. The first-order chi connectivity index (χ1) is 6.27. The van der Waals surface area contributed by atoms with Gasteiger partial charge in [-0.15, -0.1) is 0 Å². The molecule has 0 radical (unpaired) electrons. The van der Waals surface area contributed by atoms with Gasteiger partial charge in [-0.3, -0.25) is 0 Å². The summed E-state index contributed by atoms with van der Waals surface area (Å²) in [7, 11) is 2.12. The molecule has 2 atom stereocenters. The standard InChI is InChI=1S/C10H19FN2/c1-13(8-3-2-4-8)7-10-9(11)5-6-12-10/h8-10,12H,2-7H2,1H3. The highest BCUT2D eigenvalue weighted by atomic mass is 19.1. The lowest BCUT2D eigenvalue weighted by Crippen LogP contribution is -2.46. The SMILES string of the molecule is CN(CC1NCCC1F)C1CCC1. The van der Waals surface area contributed by atoms with Gasteiger partial charge in [0.15, 0.2) is 0 Å². The molecule has 1 saturated carbocycles. The molecule has 2 rings (SSSR count). The summed E-state index contributed by atoms with van der Waals surface area (Å²) in [6.45, 7) is 1.73. The number of rotatable bonds is 3. The van der Waals surface area contributed by atoms with Gasteiger partial charge in [0.1, 0.15) is 6.17 Å². The van der Waals surface area contributed by atoms with E-state index in [-0.39, 0.29) is 6.04 Å². The second-order valence-electron chi connectivity index (χ2n) is 4.39. The third-order valence-electron chi connectivity index (χ3n) is 3.45. The van der Waals surface area contributed by atoms with Crippen molar-refractivity contribution in [2.75, 3.05) is 20.1 Å². The van der Waals surface area contributed by atoms with E-state index in [0.717, 1.165) is 19.1 Å². The first-order valence-corrected chi connectivity index (χ1v) is 5.35. The zero-order chi connectivity index (χ0) is 9.26. The molecule has 1 N–H and O–H groups in total. The molecule has 0 bridgehead atoms. The van der Waals surface area contributed by atoms with Gasteiger partial charge in [0.2, 0.25) is 0 Å². The Morgan fingerprint density at radius 1 is 1.38 bits per heavy atom. The lowest BCUT2D eigenvalue weighted by atomic mass is 9.91. The Morgan fingerprint density at radius 2 is 2.15 bits per heavy atom. The van der Waals surface area contributed by atoms with Gasteiger partial charge in [-0.25, -0.2) is 4.39 Å². The first-order valence-electron chi connectivity index (χ1n) is 5.35. The van der Waals surface area contributed by atoms with Gasteiger partial charge in [0.05, 0.1) is 6.04 Å². The monoisotopic (exact) mass is 186 g/mol. The van der Waals surface area contributed by atoms with Crippen LogP contribution in [0, 0.1) is 0 Å². The molecule has 76 valence electrons. The van der Waals surface area contributed by atoms with Crippen molar-refractivity contribution in [3.05, 3.63) is 0 Å². The zero-order valence-electron chi connectivity index (χ0n) is 8.30. The highest BCUT2D eigenvalue weighted by Crippen LogP contribution is 2.24. The molecule has 2 fully saturated rings. The average Bonchev–Trinajstić information content (AvgIpc) is 2.32. The van der Waals surface area contributed by atoms with Crippen molar-refractivity contribution in [2.24, 2.45) is 0 Å². The first kappa shape index (κ1) is 9.41. The predicted octanol–water partition coefficient (Wildman–Crippen LogP) is 1.17. The van der Waals surface area contributed by atoms with E-state index in [1.165, 1.54) is 19.3 Å². The van der Waals surface area contributed by atoms with Crippen LogP contribution in [0.5, 0.6) is 0 Å². The number of nitrogens with one attached hydrogen (secondary N) is 1. The summed E-state index contributed by atoms with van der Waals surface area (Å²) in [6.07, 6.45) is 4.04. The molecule has 1 aliphatic carbocycles. The second kappa shape index (κ2) is 3.93. The fourth-order valence-electron chi connectivity index (χ4n) is 2.20. The van der Waals surface area contributed by atoms with Crippen molar-refractivity contribution in [3.8, 4) is 0 Å². The van der Waals surface area contributed by atoms with Crippen molar-refractivity contribution in [2.45, 2.75) is 43.9 Å². The molecule has 2 aliphatic rings. The molecule has 0 aromatic heterocycles. The van der Waals surface area contributed by atoms with Crippen molar-refractivity contribution in [1.82, 2.24) is 10.2 Å². The smallest absolute Gasteiger partial charge is 0.118 e. The summed E-state index contributed by atoms with van der Waals surface area (Å²) in [5.41, 5.74) is 0.